The molecule has 6 heteroatoms. The third kappa shape index (κ3) is 5.94. The minimum Gasteiger partial charge on any atom is -0.332 e. The number of carbonyl (C=O) groups excluding carboxylic acids is 1. The van der Waals surface area contributed by atoms with Crippen LogP contribution >= 0.6 is 0 Å². The number of alkyl halides is 3. The van der Waals surface area contributed by atoms with Crippen LogP contribution in [0, 0.1) is 5.92 Å². The van der Waals surface area contributed by atoms with Crippen molar-refractivity contribution in [2.75, 3.05) is 20.1 Å². The van der Waals surface area contributed by atoms with Crippen molar-refractivity contribution in [1.82, 2.24) is 10.2 Å². The fourth-order valence-corrected chi connectivity index (χ4v) is 2.57. The van der Waals surface area contributed by atoms with E-state index in [1.54, 1.807) is 11.9 Å². The monoisotopic (exact) mass is 292 g/mol. The van der Waals surface area contributed by atoms with Gasteiger partial charge in [-0.3, -0.25) is 4.79 Å². The summed E-state index contributed by atoms with van der Waals surface area (Å²) >= 11 is 0. The van der Waals surface area contributed by atoms with Gasteiger partial charge in [0.2, 0.25) is 6.41 Å². The molecule has 1 amide bonds. The summed E-state index contributed by atoms with van der Waals surface area (Å²) in [6, 6.07) is 0. The zero-order chi connectivity index (χ0) is 15.2. The van der Waals surface area contributed by atoms with Gasteiger partial charge in [0, 0.05) is 18.8 Å². The molecule has 1 atom stereocenters. The van der Waals surface area contributed by atoms with Gasteiger partial charge in [0.15, 0.2) is 0 Å². The summed E-state index contributed by atoms with van der Waals surface area (Å²) in [6.07, 6.45) is -0.432. The molecule has 0 fully saturated rings. The largest absolute Gasteiger partial charge is 0.390 e. The normalized spacial score (nSPS) is 20.4. The first-order valence-corrected chi connectivity index (χ1v) is 7.01. The maximum atomic E-state index is 12.1. The van der Waals surface area contributed by atoms with E-state index in [1.165, 1.54) is 5.57 Å². The van der Waals surface area contributed by atoms with Crippen molar-refractivity contribution in [3.8, 4) is 0 Å². The Labute approximate surface area is 118 Å². The molecule has 1 aliphatic carbocycles. The maximum Gasteiger partial charge on any atom is 0.390 e. The Bertz CT molecular complexity index is 353. The number of nitrogens with zero attached hydrogens (tertiary/aromatic N) is 1. The molecule has 1 aliphatic rings. The van der Waals surface area contributed by atoms with E-state index >= 15 is 0 Å². The van der Waals surface area contributed by atoms with Gasteiger partial charge in [0.1, 0.15) is 0 Å². The molecule has 0 aromatic heterocycles. The van der Waals surface area contributed by atoms with Crippen molar-refractivity contribution in [3.05, 3.63) is 11.3 Å². The first-order chi connectivity index (χ1) is 9.33. The van der Waals surface area contributed by atoms with Gasteiger partial charge in [-0.2, -0.15) is 13.2 Å². The molecule has 0 aliphatic heterocycles. The van der Waals surface area contributed by atoms with Crippen LogP contribution in [0.25, 0.3) is 0 Å². The topological polar surface area (TPSA) is 32.3 Å². The first kappa shape index (κ1) is 17.0. The van der Waals surface area contributed by atoms with Crippen molar-refractivity contribution >= 4 is 6.41 Å². The van der Waals surface area contributed by atoms with E-state index in [2.05, 4.69) is 12.2 Å². The van der Waals surface area contributed by atoms with E-state index in [0.29, 0.717) is 18.9 Å². The molecule has 0 bridgehead atoms. The maximum absolute atomic E-state index is 12.1. The lowest BCUT2D eigenvalue weighted by Gasteiger charge is -2.27. The predicted octanol–water partition coefficient (Wildman–Crippen LogP) is 3.08. The molecule has 116 valence electrons. The summed E-state index contributed by atoms with van der Waals surface area (Å²) in [4.78, 5) is 12.3. The minimum absolute atomic E-state index is 0.0166. The Hall–Kier alpha value is -1.04. The Balaban J connectivity index is 2.49. The average Bonchev–Trinajstić information content (AvgIpc) is 2.36. The van der Waals surface area contributed by atoms with Crippen molar-refractivity contribution in [3.63, 3.8) is 0 Å². The Kier molecular flexibility index (Phi) is 6.52. The van der Waals surface area contributed by atoms with Crippen LogP contribution in [0.2, 0.25) is 0 Å². The highest BCUT2D eigenvalue weighted by atomic mass is 19.4. The highest BCUT2D eigenvalue weighted by Crippen LogP contribution is 2.30. The number of rotatable bonds is 7. The lowest BCUT2D eigenvalue weighted by molar-refractivity contribution is -0.137. The van der Waals surface area contributed by atoms with E-state index in [-0.39, 0.29) is 6.54 Å². The highest BCUT2D eigenvalue weighted by molar-refractivity contribution is 5.51. The molecule has 0 saturated heterocycles. The molecule has 1 unspecified atom stereocenters. The van der Waals surface area contributed by atoms with Gasteiger partial charge in [0.25, 0.3) is 0 Å². The molecule has 0 saturated carbocycles. The van der Waals surface area contributed by atoms with E-state index in [4.69, 9.17) is 0 Å². The number of hydrogen-bond donors (Lipinski definition) is 1. The summed E-state index contributed by atoms with van der Waals surface area (Å²) in [5, 5.41) is 2.76. The molecule has 0 aromatic carbocycles. The Morgan fingerprint density at radius 2 is 2.10 bits per heavy atom. The first-order valence-electron chi connectivity index (χ1n) is 7.01. The van der Waals surface area contributed by atoms with Gasteiger partial charge in [-0.1, -0.05) is 6.92 Å². The molecule has 1 rings (SSSR count). The van der Waals surface area contributed by atoms with Gasteiger partial charge < -0.3 is 10.2 Å². The Morgan fingerprint density at radius 1 is 1.40 bits per heavy atom. The fourth-order valence-electron chi connectivity index (χ4n) is 2.57. The third-order valence-electron chi connectivity index (χ3n) is 3.78. The Morgan fingerprint density at radius 3 is 2.70 bits per heavy atom. The smallest absolute Gasteiger partial charge is 0.332 e. The molecule has 0 aromatic rings. The molecule has 0 radical (unpaired) electrons. The average molecular weight is 292 g/mol. The number of carbonyl (C=O) groups is 1. The van der Waals surface area contributed by atoms with Gasteiger partial charge in [-0.15, -0.1) is 0 Å². The van der Waals surface area contributed by atoms with Crippen LogP contribution in [0.5, 0.6) is 0 Å². The van der Waals surface area contributed by atoms with Crippen LogP contribution in [-0.4, -0.2) is 37.6 Å². The summed E-state index contributed by atoms with van der Waals surface area (Å²) in [5.41, 5.74) is 2.14. The number of allylic oxidation sites excluding steroid dienone is 1. The van der Waals surface area contributed by atoms with Crippen LogP contribution in [0.3, 0.4) is 0 Å². The lowest BCUT2D eigenvalue weighted by atomic mass is 9.86. The molecule has 3 nitrogen and oxygen atoms in total. The minimum atomic E-state index is -4.10. The van der Waals surface area contributed by atoms with E-state index in [1.807, 2.05) is 0 Å². The second-order valence-electron chi connectivity index (χ2n) is 5.49. The second-order valence-corrected chi connectivity index (χ2v) is 5.49. The van der Waals surface area contributed by atoms with E-state index in [0.717, 1.165) is 31.4 Å². The molecule has 1 N–H and O–H groups in total. The summed E-state index contributed by atoms with van der Waals surface area (Å²) < 4.78 is 36.4. The number of hydrogen-bond acceptors (Lipinski definition) is 2. The summed E-state index contributed by atoms with van der Waals surface area (Å²) in [6.45, 7) is 2.67. The quantitative estimate of drug-likeness (QED) is 0.731. The van der Waals surface area contributed by atoms with Crippen LogP contribution in [0.1, 0.15) is 39.0 Å². The summed E-state index contributed by atoms with van der Waals surface area (Å²) in [5.74, 6) is 0.324. The second kappa shape index (κ2) is 7.67. The lowest BCUT2D eigenvalue weighted by Crippen LogP contribution is -2.27. The zero-order valence-corrected chi connectivity index (χ0v) is 12.1. The van der Waals surface area contributed by atoms with Crippen molar-refractivity contribution < 1.29 is 18.0 Å². The van der Waals surface area contributed by atoms with Crippen molar-refractivity contribution in [2.24, 2.45) is 5.92 Å². The van der Waals surface area contributed by atoms with Gasteiger partial charge in [0.05, 0.1) is 6.42 Å². The van der Waals surface area contributed by atoms with E-state index < -0.39 is 12.6 Å². The highest BCUT2D eigenvalue weighted by Gasteiger charge is 2.27. The number of nitrogens with one attached hydrogen (secondary N) is 1. The predicted molar refractivity (Wildman–Crippen MR) is 72.0 cm³/mol. The van der Waals surface area contributed by atoms with Crippen molar-refractivity contribution in [2.45, 2.75) is 45.2 Å². The molecular formula is C14H23F3N2O. The van der Waals surface area contributed by atoms with Crippen molar-refractivity contribution in [1.29, 1.82) is 0 Å². The van der Waals surface area contributed by atoms with Gasteiger partial charge >= 0.3 is 6.18 Å². The van der Waals surface area contributed by atoms with Crippen LogP contribution in [0.15, 0.2) is 11.3 Å². The standard InChI is InChI=1S/C14H23F3N2O/c1-11-4-3-5-12(13(11)18-10-20)6-8-19(2)9-7-14(15,16)17/h10-11H,3-9H2,1-2H3,(H,18,20). The SMILES string of the molecule is CC1CCCC(CCN(C)CCC(F)(F)F)=C1NC=O. The molecule has 20 heavy (non-hydrogen) atoms. The van der Waals surface area contributed by atoms with Gasteiger partial charge in [-0.25, -0.2) is 0 Å². The molecule has 0 spiro atoms. The van der Waals surface area contributed by atoms with Crippen LogP contribution in [-0.2, 0) is 4.79 Å². The summed E-state index contributed by atoms with van der Waals surface area (Å²) in [7, 11) is 1.70. The number of amides is 1. The third-order valence-corrected chi connectivity index (χ3v) is 3.78. The van der Waals surface area contributed by atoms with E-state index in [9.17, 15) is 18.0 Å². The van der Waals surface area contributed by atoms with Crippen LogP contribution in [0.4, 0.5) is 13.2 Å². The van der Waals surface area contributed by atoms with Crippen LogP contribution < -0.4 is 5.32 Å². The fraction of sp³-hybridized carbons (Fsp3) is 0.786. The zero-order valence-electron chi connectivity index (χ0n) is 12.1. The van der Waals surface area contributed by atoms with Gasteiger partial charge in [-0.05, 0) is 44.2 Å². The molecule has 0 heterocycles. The number of halogens is 3. The molecular weight excluding hydrogens is 269 g/mol.